The van der Waals surface area contributed by atoms with E-state index in [4.69, 9.17) is 0 Å². The minimum Gasteiger partial charge on any atom is -0.478 e. The maximum absolute atomic E-state index is 15.7. The van der Waals surface area contributed by atoms with Crippen LogP contribution in [0.25, 0.3) is 12.2 Å². The van der Waals surface area contributed by atoms with Crippen molar-refractivity contribution in [2.75, 3.05) is 0 Å². The Balaban J connectivity index is 1.64. The lowest BCUT2D eigenvalue weighted by molar-refractivity contribution is 0.0688. The maximum atomic E-state index is 15.7. The molecule has 3 aromatic carbocycles. The number of hydrogen-bond donors (Lipinski definition) is 2. The molecule has 2 aliphatic carbocycles. The molecule has 5 rings (SSSR count). The summed E-state index contributed by atoms with van der Waals surface area (Å²) in [6.45, 7) is 0. The second-order valence-electron chi connectivity index (χ2n) is 8.30. The van der Waals surface area contributed by atoms with Crippen LogP contribution >= 0.6 is 0 Å². The van der Waals surface area contributed by atoms with Gasteiger partial charge in [0, 0.05) is 11.5 Å². The molecule has 2 atom stereocenters. The molecule has 0 fully saturated rings. The zero-order chi connectivity index (χ0) is 22.4. The molecule has 0 radical (unpaired) electrons. The van der Waals surface area contributed by atoms with Gasteiger partial charge in [-0.25, -0.2) is 14.0 Å². The Bertz CT molecular complexity index is 1460. The Morgan fingerprint density at radius 1 is 0.844 bits per heavy atom. The van der Waals surface area contributed by atoms with Crippen LogP contribution in [0, 0.1) is 16.4 Å². The zero-order valence-corrected chi connectivity index (χ0v) is 17.2. The van der Waals surface area contributed by atoms with Crippen molar-refractivity contribution in [2.45, 2.75) is 25.4 Å². The van der Waals surface area contributed by atoms with Crippen LogP contribution in [0.15, 0.2) is 54.6 Å². The van der Waals surface area contributed by atoms with Gasteiger partial charge in [0.05, 0.1) is 11.1 Å². The number of hydrogen-bond acceptors (Lipinski definition) is 2. The summed E-state index contributed by atoms with van der Waals surface area (Å²) in [6.07, 6.45) is 4.30. The predicted molar refractivity (Wildman–Crippen MR) is 118 cm³/mol. The van der Waals surface area contributed by atoms with E-state index in [1.807, 2.05) is 24.3 Å². The Morgan fingerprint density at radius 3 is 2.28 bits per heavy atom. The smallest absolute Gasteiger partial charge is 0.336 e. The van der Waals surface area contributed by atoms with Crippen LogP contribution in [0.5, 0.6) is 0 Å². The van der Waals surface area contributed by atoms with Gasteiger partial charge in [-0.15, -0.1) is 0 Å². The highest BCUT2D eigenvalue weighted by molar-refractivity contribution is 5.97. The van der Waals surface area contributed by atoms with E-state index in [-0.39, 0.29) is 16.7 Å². The molecule has 0 saturated heterocycles. The largest absolute Gasteiger partial charge is 0.478 e. The lowest BCUT2D eigenvalue weighted by Crippen LogP contribution is -2.26. The standard InChI is InChI=1S/C27H21FO4/c28-25(24-22(26(29)30)6-3-7-23(24)27(31)32)17-10-11-19-16(14-17)9-13-20-18-5-2-1-4-15(18)8-12-21(19)20/h1-9,13-14,17,25H,10-12H2,(H,29,30)(H,31,32). The first-order valence-corrected chi connectivity index (χ1v) is 10.6. The third kappa shape index (κ3) is 3.21. The number of aromatic carboxylic acids is 2. The quantitative estimate of drug-likeness (QED) is 0.664. The monoisotopic (exact) mass is 428 g/mol. The highest BCUT2D eigenvalue weighted by Gasteiger charge is 2.31. The van der Waals surface area contributed by atoms with E-state index in [1.54, 1.807) is 0 Å². The van der Waals surface area contributed by atoms with Crippen LogP contribution in [0.1, 0.15) is 50.0 Å². The van der Waals surface area contributed by atoms with Gasteiger partial charge >= 0.3 is 11.9 Å². The van der Waals surface area contributed by atoms with E-state index in [9.17, 15) is 19.8 Å². The second kappa shape index (κ2) is 7.75. The second-order valence-corrected chi connectivity index (χ2v) is 8.30. The number of carboxylic acids is 2. The van der Waals surface area contributed by atoms with E-state index < -0.39 is 24.0 Å². The molecule has 0 aliphatic heterocycles. The molecular formula is C27H21FO4. The van der Waals surface area contributed by atoms with Gasteiger partial charge in [-0.2, -0.15) is 0 Å². The highest BCUT2D eigenvalue weighted by atomic mass is 19.1. The molecule has 2 unspecified atom stereocenters. The predicted octanol–water partition coefficient (Wildman–Crippen LogP) is 3.76. The summed E-state index contributed by atoms with van der Waals surface area (Å²) in [6, 6.07) is 16.2. The maximum Gasteiger partial charge on any atom is 0.336 e. The van der Waals surface area contributed by atoms with Crippen LogP contribution < -0.4 is 10.4 Å². The third-order valence-corrected chi connectivity index (χ3v) is 6.58. The number of halogens is 1. The van der Waals surface area contributed by atoms with Crippen molar-refractivity contribution in [3.8, 4) is 0 Å². The molecule has 0 bridgehead atoms. The minimum atomic E-state index is -1.72. The Labute approximate surface area is 183 Å². The molecule has 32 heavy (non-hydrogen) atoms. The number of carbonyl (C=O) groups is 2. The fourth-order valence-electron chi connectivity index (χ4n) is 5.09. The van der Waals surface area contributed by atoms with E-state index in [1.165, 1.54) is 45.0 Å². The summed E-state index contributed by atoms with van der Waals surface area (Å²) in [5, 5.41) is 23.6. The van der Waals surface area contributed by atoms with E-state index in [2.05, 4.69) is 24.3 Å². The molecular weight excluding hydrogens is 407 g/mol. The van der Waals surface area contributed by atoms with E-state index >= 15 is 4.39 Å². The van der Waals surface area contributed by atoms with Crippen molar-refractivity contribution >= 4 is 24.1 Å². The molecule has 2 aliphatic rings. The normalized spacial score (nSPS) is 17.1. The average molecular weight is 428 g/mol. The fourth-order valence-corrected chi connectivity index (χ4v) is 5.09. The Kier molecular flexibility index (Phi) is 4.89. The van der Waals surface area contributed by atoms with Crippen LogP contribution in [-0.4, -0.2) is 22.2 Å². The van der Waals surface area contributed by atoms with Gasteiger partial charge in [0.1, 0.15) is 6.17 Å². The van der Waals surface area contributed by atoms with Gasteiger partial charge in [0.2, 0.25) is 0 Å². The average Bonchev–Trinajstić information content (AvgIpc) is 2.82. The van der Waals surface area contributed by atoms with Gasteiger partial charge in [0.25, 0.3) is 0 Å². The van der Waals surface area contributed by atoms with Crippen LogP contribution in [0.3, 0.4) is 0 Å². The van der Waals surface area contributed by atoms with Gasteiger partial charge < -0.3 is 10.2 Å². The first-order chi connectivity index (χ1) is 15.5. The van der Waals surface area contributed by atoms with Gasteiger partial charge in [-0.3, -0.25) is 0 Å². The van der Waals surface area contributed by atoms with E-state index in [0.717, 1.165) is 11.6 Å². The molecule has 0 aromatic heterocycles. The molecule has 3 aromatic rings. The number of benzene rings is 3. The number of fused-ring (bicyclic) bond motifs is 4. The first kappa shape index (κ1) is 20.2. The SMILES string of the molecule is O=C(O)c1cccc(C(=O)O)c1C(F)C1C=c2ccc3c(c2CC1)CC=c1ccccc1=3. The summed E-state index contributed by atoms with van der Waals surface area (Å²) >= 11 is 0. The van der Waals surface area contributed by atoms with Crippen molar-refractivity contribution < 1.29 is 24.2 Å². The molecule has 0 spiro atoms. The van der Waals surface area contributed by atoms with Crippen LogP contribution in [0.2, 0.25) is 0 Å². The van der Waals surface area contributed by atoms with Gasteiger partial charge in [-0.1, -0.05) is 54.6 Å². The summed E-state index contributed by atoms with van der Waals surface area (Å²) in [4.78, 5) is 23.3. The molecule has 2 N–H and O–H groups in total. The van der Waals surface area contributed by atoms with Crippen molar-refractivity contribution in [1.82, 2.24) is 0 Å². The Morgan fingerprint density at radius 2 is 1.56 bits per heavy atom. The molecule has 0 saturated carbocycles. The molecule has 0 heterocycles. The van der Waals surface area contributed by atoms with Gasteiger partial charge in [0.15, 0.2) is 0 Å². The minimum absolute atomic E-state index is 0.252. The molecule has 0 amide bonds. The number of alkyl halides is 1. The van der Waals surface area contributed by atoms with Crippen molar-refractivity contribution in [3.05, 3.63) is 103 Å². The van der Waals surface area contributed by atoms with Crippen molar-refractivity contribution in [1.29, 1.82) is 0 Å². The Hall–Kier alpha value is -3.73. The van der Waals surface area contributed by atoms with Crippen LogP contribution in [0.4, 0.5) is 4.39 Å². The molecule has 5 heteroatoms. The molecule has 160 valence electrons. The lowest BCUT2D eigenvalue weighted by atomic mass is 9.80. The first-order valence-electron chi connectivity index (χ1n) is 10.6. The summed E-state index contributed by atoms with van der Waals surface area (Å²) in [5.41, 5.74) is 1.60. The van der Waals surface area contributed by atoms with Crippen molar-refractivity contribution in [2.24, 2.45) is 5.92 Å². The van der Waals surface area contributed by atoms with Gasteiger partial charge in [-0.05, 0) is 63.4 Å². The third-order valence-electron chi connectivity index (χ3n) is 6.58. The summed E-state index contributed by atoms with van der Waals surface area (Å²) < 4.78 is 15.7. The fraction of sp³-hybridized carbons (Fsp3) is 0.185. The zero-order valence-electron chi connectivity index (χ0n) is 17.2. The molecule has 4 nitrogen and oxygen atoms in total. The topological polar surface area (TPSA) is 74.6 Å². The summed E-state index contributed by atoms with van der Waals surface area (Å²) in [7, 11) is 0. The van der Waals surface area contributed by atoms with Crippen molar-refractivity contribution in [3.63, 3.8) is 0 Å². The highest BCUT2D eigenvalue weighted by Crippen LogP contribution is 2.37. The summed E-state index contributed by atoms with van der Waals surface area (Å²) in [5.74, 6) is -3.26. The number of carboxylic acid groups (broad SMARTS) is 2. The van der Waals surface area contributed by atoms with E-state index in [0.29, 0.717) is 12.8 Å². The van der Waals surface area contributed by atoms with Crippen LogP contribution in [-0.2, 0) is 12.8 Å². The number of rotatable bonds is 4. The lowest BCUT2D eigenvalue weighted by Gasteiger charge is -2.26.